The maximum absolute atomic E-state index is 10.2. The van der Waals surface area contributed by atoms with Crippen LogP contribution in [0.5, 0.6) is 0 Å². The maximum atomic E-state index is 10.2. The zero-order valence-corrected chi connectivity index (χ0v) is 21.7. The first-order valence-corrected chi connectivity index (χ1v) is 14.6. The summed E-state index contributed by atoms with van der Waals surface area (Å²) in [6.07, 6.45) is 31.3. The van der Waals surface area contributed by atoms with E-state index in [1.165, 1.54) is 116 Å². The Hall–Kier alpha value is -0.0800. The van der Waals surface area contributed by atoms with Crippen molar-refractivity contribution in [1.29, 1.82) is 0 Å². The summed E-state index contributed by atoms with van der Waals surface area (Å²) in [5.74, 6) is 0. The second kappa shape index (κ2) is 26.2. The van der Waals surface area contributed by atoms with Gasteiger partial charge in [-0.3, -0.25) is 0 Å². The molecule has 0 rings (SSSR count). The first kappa shape index (κ1) is 30.9. The molecule has 188 valence electrons. The molecule has 0 heterocycles. The van der Waals surface area contributed by atoms with Crippen LogP contribution in [0.25, 0.3) is 0 Å². The molecular formula is C29H60O2. The third kappa shape index (κ3) is 26.1. The third-order valence-corrected chi connectivity index (χ3v) is 6.86. The Kier molecular flexibility index (Phi) is 26.1. The van der Waals surface area contributed by atoms with Gasteiger partial charge < -0.3 is 10.2 Å². The highest BCUT2D eigenvalue weighted by atomic mass is 16.3. The van der Waals surface area contributed by atoms with Gasteiger partial charge in [0, 0.05) is 0 Å². The molecule has 2 atom stereocenters. The minimum absolute atomic E-state index is 0.100. The van der Waals surface area contributed by atoms with Gasteiger partial charge in [0.25, 0.3) is 0 Å². The highest BCUT2D eigenvalue weighted by Crippen LogP contribution is 2.16. The van der Waals surface area contributed by atoms with Gasteiger partial charge in [0.2, 0.25) is 0 Å². The molecule has 2 nitrogen and oxygen atoms in total. The van der Waals surface area contributed by atoms with E-state index in [0.717, 1.165) is 44.9 Å². The molecule has 0 aromatic carbocycles. The summed E-state index contributed by atoms with van der Waals surface area (Å²) in [6.45, 7) is 4.54. The largest absolute Gasteiger partial charge is 0.393 e. The smallest absolute Gasteiger partial charge is 0.0540 e. The fourth-order valence-electron chi connectivity index (χ4n) is 4.61. The first-order chi connectivity index (χ1) is 15.2. The SMILES string of the molecule is CCCCCCCCCCCCCC(O)CCCCCC(O)CCCCCCCCC. The third-order valence-electron chi connectivity index (χ3n) is 6.86. The van der Waals surface area contributed by atoms with E-state index in [2.05, 4.69) is 13.8 Å². The van der Waals surface area contributed by atoms with Crippen LogP contribution in [0, 0.1) is 0 Å². The van der Waals surface area contributed by atoms with Crippen LogP contribution < -0.4 is 0 Å². The molecular weight excluding hydrogens is 380 g/mol. The number of hydrogen-bond donors (Lipinski definition) is 2. The quantitative estimate of drug-likeness (QED) is 0.131. The number of rotatable bonds is 26. The predicted molar refractivity (Wildman–Crippen MR) is 139 cm³/mol. The average Bonchev–Trinajstić information content (AvgIpc) is 2.76. The Labute approximate surface area is 197 Å². The van der Waals surface area contributed by atoms with E-state index in [4.69, 9.17) is 0 Å². The van der Waals surface area contributed by atoms with Crippen molar-refractivity contribution in [3.05, 3.63) is 0 Å². The van der Waals surface area contributed by atoms with E-state index in [9.17, 15) is 10.2 Å². The lowest BCUT2D eigenvalue weighted by Gasteiger charge is -2.12. The molecule has 0 saturated carbocycles. The van der Waals surface area contributed by atoms with Gasteiger partial charge in [0.05, 0.1) is 12.2 Å². The van der Waals surface area contributed by atoms with Crippen molar-refractivity contribution in [2.75, 3.05) is 0 Å². The number of hydrogen-bond acceptors (Lipinski definition) is 2. The van der Waals surface area contributed by atoms with Gasteiger partial charge in [-0.2, -0.15) is 0 Å². The van der Waals surface area contributed by atoms with Gasteiger partial charge in [-0.05, 0) is 25.7 Å². The molecule has 0 aliphatic rings. The van der Waals surface area contributed by atoms with Gasteiger partial charge in [-0.15, -0.1) is 0 Å². The second-order valence-electron chi connectivity index (χ2n) is 10.2. The molecule has 31 heavy (non-hydrogen) atoms. The van der Waals surface area contributed by atoms with Crippen LogP contribution >= 0.6 is 0 Å². The van der Waals surface area contributed by atoms with E-state index in [0.29, 0.717) is 0 Å². The second-order valence-corrected chi connectivity index (χ2v) is 10.2. The van der Waals surface area contributed by atoms with E-state index >= 15 is 0 Å². The number of unbranched alkanes of at least 4 members (excludes halogenated alkanes) is 18. The molecule has 0 fully saturated rings. The normalized spacial score (nSPS) is 13.5. The fourth-order valence-corrected chi connectivity index (χ4v) is 4.61. The summed E-state index contributed by atoms with van der Waals surface area (Å²) in [4.78, 5) is 0. The van der Waals surface area contributed by atoms with Gasteiger partial charge in [0.1, 0.15) is 0 Å². The Morgan fingerprint density at radius 3 is 0.774 bits per heavy atom. The first-order valence-electron chi connectivity index (χ1n) is 14.6. The molecule has 0 spiro atoms. The molecule has 2 heteroatoms. The minimum atomic E-state index is -0.101. The van der Waals surface area contributed by atoms with Crippen LogP contribution in [0.4, 0.5) is 0 Å². The Balaban J connectivity index is 3.25. The highest BCUT2D eigenvalue weighted by Gasteiger charge is 2.06. The lowest BCUT2D eigenvalue weighted by Crippen LogP contribution is -2.08. The van der Waals surface area contributed by atoms with E-state index in [-0.39, 0.29) is 12.2 Å². The zero-order chi connectivity index (χ0) is 22.8. The predicted octanol–water partition coefficient (Wildman–Crippen LogP) is 9.50. The van der Waals surface area contributed by atoms with Crippen LogP contribution in [0.1, 0.15) is 174 Å². The molecule has 0 aromatic heterocycles. The summed E-state index contributed by atoms with van der Waals surface area (Å²) in [5.41, 5.74) is 0. The molecule has 0 bridgehead atoms. The topological polar surface area (TPSA) is 40.5 Å². The van der Waals surface area contributed by atoms with Crippen molar-refractivity contribution in [3.8, 4) is 0 Å². The van der Waals surface area contributed by atoms with Crippen molar-refractivity contribution in [2.45, 2.75) is 187 Å². The summed E-state index contributed by atoms with van der Waals surface area (Å²) in [6, 6.07) is 0. The maximum Gasteiger partial charge on any atom is 0.0540 e. The van der Waals surface area contributed by atoms with Gasteiger partial charge in [0.15, 0.2) is 0 Å². The van der Waals surface area contributed by atoms with Gasteiger partial charge in [-0.25, -0.2) is 0 Å². The van der Waals surface area contributed by atoms with Crippen LogP contribution in [-0.4, -0.2) is 22.4 Å². The Bertz CT molecular complexity index is 318. The Morgan fingerprint density at radius 2 is 0.516 bits per heavy atom. The van der Waals surface area contributed by atoms with Crippen LogP contribution in [0.2, 0.25) is 0 Å². The van der Waals surface area contributed by atoms with Crippen molar-refractivity contribution in [1.82, 2.24) is 0 Å². The van der Waals surface area contributed by atoms with Crippen LogP contribution in [-0.2, 0) is 0 Å². The van der Waals surface area contributed by atoms with Crippen LogP contribution in [0.15, 0.2) is 0 Å². The van der Waals surface area contributed by atoms with E-state index < -0.39 is 0 Å². The number of aliphatic hydroxyl groups excluding tert-OH is 2. The lowest BCUT2D eigenvalue weighted by atomic mass is 10.00. The monoisotopic (exact) mass is 440 g/mol. The van der Waals surface area contributed by atoms with Gasteiger partial charge in [-0.1, -0.05) is 149 Å². The molecule has 0 aliphatic heterocycles. The molecule has 2 unspecified atom stereocenters. The lowest BCUT2D eigenvalue weighted by molar-refractivity contribution is 0.139. The summed E-state index contributed by atoms with van der Waals surface area (Å²) >= 11 is 0. The molecule has 0 aliphatic carbocycles. The van der Waals surface area contributed by atoms with Crippen molar-refractivity contribution in [3.63, 3.8) is 0 Å². The molecule has 0 saturated heterocycles. The van der Waals surface area contributed by atoms with Gasteiger partial charge >= 0.3 is 0 Å². The molecule has 0 amide bonds. The van der Waals surface area contributed by atoms with Crippen LogP contribution in [0.3, 0.4) is 0 Å². The molecule has 0 radical (unpaired) electrons. The van der Waals surface area contributed by atoms with Crippen molar-refractivity contribution >= 4 is 0 Å². The fraction of sp³-hybridized carbons (Fsp3) is 1.00. The Morgan fingerprint density at radius 1 is 0.323 bits per heavy atom. The molecule has 2 N–H and O–H groups in total. The number of aliphatic hydroxyl groups is 2. The summed E-state index contributed by atoms with van der Waals surface area (Å²) in [7, 11) is 0. The van der Waals surface area contributed by atoms with E-state index in [1.54, 1.807) is 0 Å². The summed E-state index contributed by atoms with van der Waals surface area (Å²) < 4.78 is 0. The standard InChI is InChI=1S/C29H60O2/c1-3-5-7-9-11-12-13-14-16-18-21-25-29(31)27-23-19-22-26-28(30)24-20-17-15-10-8-6-4-2/h28-31H,3-27H2,1-2H3. The van der Waals surface area contributed by atoms with E-state index in [1.807, 2.05) is 0 Å². The summed E-state index contributed by atoms with van der Waals surface area (Å²) in [5, 5.41) is 20.3. The zero-order valence-electron chi connectivity index (χ0n) is 21.7. The average molecular weight is 441 g/mol. The molecule has 0 aromatic rings. The van der Waals surface area contributed by atoms with Crippen molar-refractivity contribution < 1.29 is 10.2 Å². The minimum Gasteiger partial charge on any atom is -0.393 e. The highest BCUT2D eigenvalue weighted by molar-refractivity contribution is 4.60. The van der Waals surface area contributed by atoms with Crippen molar-refractivity contribution in [2.24, 2.45) is 0 Å².